The number of pyridine rings is 6. The molecule has 0 amide bonds. The monoisotopic (exact) mass is 1580 g/mol. The summed E-state index contributed by atoms with van der Waals surface area (Å²) in [7, 11) is 0. The first kappa shape index (κ1) is 81.7. The Morgan fingerprint density at radius 3 is 1.12 bits per heavy atom. The molecule has 8 rings (SSSR count). The smallest absolute Gasteiger partial charge is 0.396 e. The van der Waals surface area contributed by atoms with E-state index in [0.717, 1.165) is 42.6 Å². The van der Waals surface area contributed by atoms with Gasteiger partial charge in [-0.05, 0) is 125 Å². The fourth-order valence-electron chi connectivity index (χ4n) is 7.21. The largest absolute Gasteiger partial charge is 0.419 e. The quantitative estimate of drug-likeness (QED) is 0.0410. The number of rotatable bonds is 12. The van der Waals surface area contributed by atoms with Crippen molar-refractivity contribution >= 4 is 98.5 Å². The minimum Gasteiger partial charge on any atom is -0.396 e. The predicted molar refractivity (Wildman–Crippen MR) is 311 cm³/mol. The van der Waals surface area contributed by atoms with Crippen molar-refractivity contribution in [2.45, 2.75) is 94.5 Å². The number of aliphatic hydroxyl groups excluding tert-OH is 1. The molecule has 39 heteroatoms. The Balaban J connectivity index is 0.000000294. The molecular weight excluding hydrogens is 1540 g/mol. The van der Waals surface area contributed by atoms with Crippen LogP contribution >= 0.6 is 92.2 Å². The summed E-state index contributed by atoms with van der Waals surface area (Å²) in [6, 6.07) is 5.58. The minimum absolute atomic E-state index is 0.104. The van der Waals surface area contributed by atoms with E-state index < -0.39 is 107 Å². The summed E-state index contributed by atoms with van der Waals surface area (Å²) in [5.41, 5.74) is -3.98. The van der Waals surface area contributed by atoms with Gasteiger partial charge in [0.05, 0.1) is 58.9 Å². The van der Waals surface area contributed by atoms with Gasteiger partial charge in [0.25, 0.3) is 5.92 Å². The predicted octanol–water partition coefficient (Wildman–Crippen LogP) is 18.2. The van der Waals surface area contributed by atoms with Crippen molar-refractivity contribution in [2.75, 3.05) is 26.2 Å². The molecule has 0 radical (unpaired) electrons. The summed E-state index contributed by atoms with van der Waals surface area (Å²) in [4.78, 5) is 33.7. The number of likely N-dealkylation sites (tertiary alicyclic amines) is 1. The molecule has 8 heterocycles. The van der Waals surface area contributed by atoms with Crippen LogP contribution in [0.2, 0.25) is 30.9 Å². The van der Waals surface area contributed by atoms with Crippen LogP contribution in [-0.2, 0) is 80.5 Å². The summed E-state index contributed by atoms with van der Waals surface area (Å²) >= 11 is 33.7. The highest BCUT2D eigenvalue weighted by molar-refractivity contribution is 14.1. The van der Waals surface area contributed by atoms with Crippen molar-refractivity contribution in [1.29, 1.82) is 0 Å². The average molecular weight is 1580 g/mol. The standard InChI is InChI=1S/C13H14ClF5N2.C10H8ClF3N4.C9H7ClF3N.C8H7ClF3NO.C8H5ClF3NO.C6H2ClF3IN/c14-11-10(13(17,18)19)6-9(7-20-11)2-5-21-4-1-3-12(15,16)8-21;11-9-8(10(12,13)14)5-7(6-15-9)1-4-18-16-2-3-17-18;1-2-3-6-4-7(9(11,12)13)8(10)14-5-6;2*9-7-6(8(10,11)12)3-5(1-2-14)4-13-7;7-5-4(6(8,9)10)1-3(11)2-12-5/h6-7H,1-5,8H2;2-3,5-6H,1,4H2;2,4-5H,1,3H2;3-4,14H,1-2H2;2-4H,1H2;1-2H. The lowest BCUT2D eigenvalue weighted by Gasteiger charge is -2.32. The molecule has 0 atom stereocenters. The summed E-state index contributed by atoms with van der Waals surface area (Å²) in [5.74, 6) is -2.71. The first-order valence-corrected chi connectivity index (χ1v) is 28.8. The number of hydrogen-bond acceptors (Lipinski definition) is 11. The molecule has 93 heavy (non-hydrogen) atoms. The summed E-state index contributed by atoms with van der Waals surface area (Å²) in [5, 5.41) is 12.9. The van der Waals surface area contributed by atoms with Crippen LogP contribution in [0.15, 0.2) is 98.6 Å². The number of nitrogens with zero attached hydrogens (tertiary/aromatic N) is 10. The molecule has 510 valence electrons. The molecule has 0 spiro atoms. The lowest BCUT2D eigenvalue weighted by molar-refractivity contribution is -0.138. The van der Waals surface area contributed by atoms with Crippen LogP contribution in [0.1, 0.15) is 74.0 Å². The second-order valence-electron chi connectivity index (χ2n) is 18.6. The van der Waals surface area contributed by atoms with Crippen LogP contribution < -0.4 is 0 Å². The number of alkyl halides is 20. The molecule has 1 N–H and O–H groups in total. The van der Waals surface area contributed by atoms with Crippen molar-refractivity contribution in [3.8, 4) is 0 Å². The maximum absolute atomic E-state index is 13.2. The topological polar surface area (TPSA) is 149 Å². The third-order valence-corrected chi connectivity index (χ3v) is 13.9. The fourth-order valence-corrected chi connectivity index (χ4v) is 8.92. The number of aromatic nitrogens is 9. The first-order valence-electron chi connectivity index (χ1n) is 25.5. The van der Waals surface area contributed by atoms with Gasteiger partial charge in [-0.2, -0.15) is 94.0 Å². The Kier molecular flexibility index (Phi) is 31.6. The van der Waals surface area contributed by atoms with Crippen molar-refractivity contribution in [3.05, 3.63) is 194 Å². The third kappa shape index (κ3) is 28.7. The highest BCUT2D eigenvalue weighted by atomic mass is 127. The molecule has 0 aliphatic carbocycles. The zero-order valence-electron chi connectivity index (χ0n) is 46.5. The fraction of sp³-hybridized carbons (Fsp3) is 0.352. The van der Waals surface area contributed by atoms with Crippen molar-refractivity contribution < 1.29 is 97.7 Å². The van der Waals surface area contributed by atoms with E-state index in [1.165, 1.54) is 54.3 Å². The number of aldehydes is 1. The van der Waals surface area contributed by atoms with Gasteiger partial charge in [-0.3, -0.25) is 4.90 Å². The molecule has 7 aromatic rings. The first-order chi connectivity index (χ1) is 42.9. The Hall–Kier alpha value is -5.56. The highest BCUT2D eigenvalue weighted by Crippen LogP contribution is 2.39. The minimum atomic E-state index is -4.57. The molecule has 0 saturated carbocycles. The number of halogens is 27. The summed E-state index contributed by atoms with van der Waals surface area (Å²) in [6.07, 6.45) is -13.3. The van der Waals surface area contributed by atoms with Gasteiger partial charge in [0.2, 0.25) is 0 Å². The van der Waals surface area contributed by atoms with E-state index in [4.69, 9.17) is 74.7 Å². The number of piperidine rings is 1. The van der Waals surface area contributed by atoms with Gasteiger partial charge in [0.15, 0.2) is 0 Å². The highest BCUT2D eigenvalue weighted by Gasteiger charge is 2.39. The van der Waals surface area contributed by atoms with Crippen LogP contribution in [-0.4, -0.2) is 93.4 Å². The SMILES string of the molecule is C=CCc1cnc(Cl)c(C(F)(F)F)c1.FC(F)(F)c1cc(CCn2nccn2)cnc1Cl.FC(F)(F)c1cc(I)cnc1Cl.FC1(F)CCCN(CCc2cnc(Cl)c(C(F)(F)F)c2)C1.O=CCc1cnc(Cl)c(C(F)(F)F)c1.OCCc1cnc(Cl)c(C(F)(F)F)c1. The second kappa shape index (κ2) is 36.0. The Morgan fingerprint density at radius 1 is 0.484 bits per heavy atom. The van der Waals surface area contributed by atoms with E-state index in [1.54, 1.807) is 27.5 Å². The normalized spacial score (nSPS) is 13.5. The van der Waals surface area contributed by atoms with Crippen LogP contribution in [0, 0.1) is 3.57 Å². The van der Waals surface area contributed by atoms with E-state index in [-0.39, 0.29) is 50.9 Å². The Bertz CT molecular complexity index is 3460. The second-order valence-corrected chi connectivity index (χ2v) is 22.0. The molecule has 12 nitrogen and oxygen atoms in total. The Labute approximate surface area is 557 Å². The van der Waals surface area contributed by atoms with Gasteiger partial charge in [-0.1, -0.05) is 75.7 Å². The van der Waals surface area contributed by atoms with Crippen LogP contribution in [0.4, 0.5) is 87.8 Å². The zero-order valence-corrected chi connectivity index (χ0v) is 53.2. The number of aryl methyl sites for hydroxylation is 2. The molecule has 1 saturated heterocycles. The van der Waals surface area contributed by atoms with E-state index >= 15 is 0 Å². The van der Waals surface area contributed by atoms with Crippen molar-refractivity contribution in [2.24, 2.45) is 0 Å². The van der Waals surface area contributed by atoms with Gasteiger partial charge in [0, 0.05) is 66.7 Å². The molecule has 0 bridgehead atoms. The molecule has 0 unspecified atom stereocenters. The van der Waals surface area contributed by atoms with Gasteiger partial charge < -0.3 is 9.90 Å². The van der Waals surface area contributed by atoms with E-state index in [9.17, 15) is 92.6 Å². The molecule has 1 aliphatic rings. The molecule has 7 aromatic heterocycles. The molecule has 1 fully saturated rings. The van der Waals surface area contributed by atoms with Gasteiger partial charge in [0.1, 0.15) is 37.2 Å². The van der Waals surface area contributed by atoms with Crippen LogP contribution in [0.3, 0.4) is 0 Å². The average Bonchev–Trinajstić information content (AvgIpc) is 1.20. The van der Waals surface area contributed by atoms with Crippen molar-refractivity contribution in [1.82, 2.24) is 49.8 Å². The number of carbonyl (C=O) groups excluding carboxylic acids is 1. The number of allylic oxidation sites excluding steroid dienone is 1. The van der Waals surface area contributed by atoms with Gasteiger partial charge in [-0.25, -0.2) is 38.7 Å². The van der Waals surface area contributed by atoms with E-state index in [2.05, 4.69) is 46.7 Å². The number of aliphatic hydroxyl groups is 1. The van der Waals surface area contributed by atoms with Crippen molar-refractivity contribution in [3.63, 3.8) is 0 Å². The third-order valence-electron chi connectivity index (χ3n) is 11.5. The number of hydrogen-bond donors (Lipinski definition) is 1. The zero-order chi connectivity index (χ0) is 70.5. The maximum Gasteiger partial charge on any atom is 0.419 e. The van der Waals surface area contributed by atoms with Gasteiger partial charge in [-0.15, -0.1) is 6.58 Å². The van der Waals surface area contributed by atoms with E-state index in [1.807, 2.05) is 0 Å². The maximum atomic E-state index is 13.2. The lowest BCUT2D eigenvalue weighted by Crippen LogP contribution is -2.43. The van der Waals surface area contributed by atoms with Crippen LogP contribution in [0.25, 0.3) is 0 Å². The molecule has 0 aromatic carbocycles. The van der Waals surface area contributed by atoms with Gasteiger partial charge >= 0.3 is 37.1 Å². The Morgan fingerprint density at radius 2 is 0.796 bits per heavy atom. The summed E-state index contributed by atoms with van der Waals surface area (Å²) in [6.45, 7) is 4.05. The van der Waals surface area contributed by atoms with Crippen LogP contribution in [0.5, 0.6) is 0 Å². The molecule has 1 aliphatic heterocycles. The summed E-state index contributed by atoms with van der Waals surface area (Å²) < 4.78 is 250. The molecular formula is C54H43Cl6F20IN10O2. The van der Waals surface area contributed by atoms with E-state index in [0.29, 0.717) is 64.5 Å². The number of carbonyl (C=O) groups is 1. The lowest BCUT2D eigenvalue weighted by atomic mass is 10.1.